The summed E-state index contributed by atoms with van der Waals surface area (Å²) in [6.07, 6.45) is 2.21. The van der Waals surface area contributed by atoms with Crippen molar-refractivity contribution in [2.24, 2.45) is 11.7 Å². The highest BCUT2D eigenvalue weighted by Gasteiger charge is 2.11. The highest BCUT2D eigenvalue weighted by Crippen LogP contribution is 2.18. The van der Waals surface area contributed by atoms with Crippen LogP contribution in [0.2, 0.25) is 0 Å². The topological polar surface area (TPSA) is 38.5 Å². The maximum atomic E-state index is 5.82. The molecule has 0 aliphatic carbocycles. The zero-order valence-corrected chi connectivity index (χ0v) is 14.5. The molecule has 1 aromatic rings. The highest BCUT2D eigenvalue weighted by atomic mass is 32.1. The molecule has 1 unspecified atom stereocenters. The molecule has 1 aromatic carbocycles. The fourth-order valence-corrected chi connectivity index (χ4v) is 2.54. The summed E-state index contributed by atoms with van der Waals surface area (Å²) in [4.78, 5) is 2.77. The summed E-state index contributed by atoms with van der Waals surface area (Å²) in [7, 11) is 2.18. The lowest BCUT2D eigenvalue weighted by molar-refractivity contribution is 0.205. The zero-order chi connectivity index (χ0) is 15.8. The molecule has 1 atom stereocenters. The molecule has 3 nitrogen and oxygen atoms in total. The van der Waals surface area contributed by atoms with Crippen molar-refractivity contribution < 1.29 is 4.74 Å². The van der Waals surface area contributed by atoms with Gasteiger partial charge in [0.05, 0.1) is 12.2 Å². The fourth-order valence-electron chi connectivity index (χ4n) is 2.37. The third-order valence-electron chi connectivity index (χ3n) is 3.63. The van der Waals surface area contributed by atoms with Crippen molar-refractivity contribution in [3.8, 4) is 5.75 Å². The van der Waals surface area contributed by atoms with Gasteiger partial charge in [-0.2, -0.15) is 0 Å². The van der Waals surface area contributed by atoms with Crippen LogP contribution >= 0.6 is 12.2 Å². The molecule has 2 N–H and O–H groups in total. The second-order valence-corrected chi connectivity index (χ2v) is 6.46. The second-order valence-electron chi connectivity index (χ2n) is 6.02. The number of rotatable bonds is 9. The molecule has 0 radical (unpaired) electrons. The van der Waals surface area contributed by atoms with Gasteiger partial charge < -0.3 is 15.4 Å². The molecular weight excluding hydrogens is 280 g/mol. The molecule has 21 heavy (non-hydrogen) atoms. The van der Waals surface area contributed by atoms with E-state index in [1.807, 2.05) is 24.3 Å². The van der Waals surface area contributed by atoms with Crippen molar-refractivity contribution in [3.05, 3.63) is 29.8 Å². The van der Waals surface area contributed by atoms with E-state index in [0.717, 1.165) is 30.2 Å². The minimum Gasteiger partial charge on any atom is -0.493 e. The van der Waals surface area contributed by atoms with Crippen LogP contribution < -0.4 is 10.5 Å². The van der Waals surface area contributed by atoms with Crippen LogP contribution in [0.3, 0.4) is 0 Å². The monoisotopic (exact) mass is 308 g/mol. The van der Waals surface area contributed by atoms with Crippen LogP contribution in [-0.2, 0) is 0 Å². The molecule has 4 heteroatoms. The summed E-state index contributed by atoms with van der Waals surface area (Å²) in [5, 5.41) is 0. The van der Waals surface area contributed by atoms with Gasteiger partial charge in [-0.25, -0.2) is 0 Å². The normalized spacial score (nSPS) is 12.7. The molecule has 0 saturated heterocycles. The summed E-state index contributed by atoms with van der Waals surface area (Å²) in [6.45, 7) is 8.52. The number of nitrogens with two attached hydrogens (primary N) is 1. The standard InChI is InChI=1S/C17H28N2OS/c1-13(2)12-14(3)19(4)10-7-11-20-16-9-6-5-8-15(16)17(18)21/h5-6,8-9,13-14H,7,10-12H2,1-4H3,(H2,18,21). The lowest BCUT2D eigenvalue weighted by Gasteiger charge is -2.26. The van der Waals surface area contributed by atoms with Gasteiger partial charge in [0.1, 0.15) is 10.7 Å². The van der Waals surface area contributed by atoms with Gasteiger partial charge in [-0.3, -0.25) is 0 Å². The first kappa shape index (κ1) is 17.9. The Morgan fingerprint density at radius 3 is 2.57 bits per heavy atom. The SMILES string of the molecule is CC(C)CC(C)N(C)CCCOc1ccccc1C(N)=S. The van der Waals surface area contributed by atoms with Crippen LogP contribution in [0.1, 0.15) is 39.2 Å². The summed E-state index contributed by atoms with van der Waals surface area (Å²) >= 11 is 5.03. The molecule has 0 fully saturated rings. The molecule has 0 aliphatic heterocycles. The summed E-state index contributed by atoms with van der Waals surface area (Å²) < 4.78 is 5.82. The van der Waals surface area contributed by atoms with E-state index in [2.05, 4.69) is 32.7 Å². The van der Waals surface area contributed by atoms with Gasteiger partial charge in [-0.15, -0.1) is 0 Å². The average molecular weight is 308 g/mol. The molecule has 0 bridgehead atoms. The molecular formula is C17H28N2OS. The number of hydrogen-bond donors (Lipinski definition) is 1. The molecule has 0 amide bonds. The summed E-state index contributed by atoms with van der Waals surface area (Å²) in [6, 6.07) is 8.28. The third kappa shape index (κ3) is 6.44. The van der Waals surface area contributed by atoms with Crippen LogP contribution in [-0.4, -0.2) is 36.1 Å². The first-order chi connectivity index (χ1) is 9.91. The van der Waals surface area contributed by atoms with Crippen molar-refractivity contribution in [2.75, 3.05) is 20.2 Å². The van der Waals surface area contributed by atoms with Crippen LogP contribution in [0.15, 0.2) is 24.3 Å². The smallest absolute Gasteiger partial charge is 0.129 e. The van der Waals surface area contributed by atoms with E-state index in [0.29, 0.717) is 17.6 Å². The second kappa shape index (κ2) is 9.00. The van der Waals surface area contributed by atoms with E-state index in [4.69, 9.17) is 22.7 Å². The Kier molecular flexibility index (Phi) is 7.68. The first-order valence-corrected chi connectivity index (χ1v) is 8.04. The number of hydrogen-bond acceptors (Lipinski definition) is 3. The van der Waals surface area contributed by atoms with Gasteiger partial charge in [-0.1, -0.05) is 38.2 Å². The summed E-state index contributed by atoms with van der Waals surface area (Å²) in [5.41, 5.74) is 6.51. The largest absolute Gasteiger partial charge is 0.493 e. The van der Waals surface area contributed by atoms with Gasteiger partial charge >= 0.3 is 0 Å². The fraction of sp³-hybridized carbons (Fsp3) is 0.588. The lowest BCUT2D eigenvalue weighted by atomic mass is 10.0. The van der Waals surface area contributed by atoms with Gasteiger partial charge in [0.15, 0.2) is 0 Å². The molecule has 1 rings (SSSR count). The Morgan fingerprint density at radius 1 is 1.29 bits per heavy atom. The van der Waals surface area contributed by atoms with E-state index in [-0.39, 0.29) is 0 Å². The zero-order valence-electron chi connectivity index (χ0n) is 13.6. The predicted octanol–water partition coefficient (Wildman–Crippen LogP) is 3.46. The minimum absolute atomic E-state index is 0.383. The predicted molar refractivity (Wildman–Crippen MR) is 94.0 cm³/mol. The van der Waals surface area contributed by atoms with Gasteiger partial charge in [-0.05, 0) is 44.9 Å². The molecule has 0 saturated carbocycles. The Labute approximate surface area is 134 Å². The van der Waals surface area contributed by atoms with Crippen LogP contribution in [0.5, 0.6) is 5.75 Å². The highest BCUT2D eigenvalue weighted by molar-refractivity contribution is 7.80. The quantitative estimate of drug-likeness (QED) is 0.560. The van der Waals surface area contributed by atoms with Crippen molar-refractivity contribution in [1.82, 2.24) is 4.90 Å². The van der Waals surface area contributed by atoms with Gasteiger partial charge in [0.2, 0.25) is 0 Å². The Balaban J connectivity index is 2.36. The number of thiocarbonyl (C=S) groups is 1. The molecule has 0 spiro atoms. The van der Waals surface area contributed by atoms with Crippen molar-refractivity contribution >= 4 is 17.2 Å². The van der Waals surface area contributed by atoms with Gasteiger partial charge in [0.25, 0.3) is 0 Å². The van der Waals surface area contributed by atoms with Crippen molar-refractivity contribution in [1.29, 1.82) is 0 Å². The Bertz CT molecular complexity index is 448. The molecule has 118 valence electrons. The number of para-hydroxylation sites is 1. The van der Waals surface area contributed by atoms with Crippen molar-refractivity contribution in [3.63, 3.8) is 0 Å². The third-order valence-corrected chi connectivity index (χ3v) is 3.85. The Hall–Kier alpha value is -1.13. The maximum Gasteiger partial charge on any atom is 0.129 e. The van der Waals surface area contributed by atoms with E-state index >= 15 is 0 Å². The number of ether oxygens (including phenoxy) is 1. The molecule has 0 heterocycles. The maximum absolute atomic E-state index is 5.82. The summed E-state index contributed by atoms with van der Waals surface area (Å²) in [5.74, 6) is 1.51. The molecule has 0 aliphatic rings. The average Bonchev–Trinajstić information content (AvgIpc) is 2.42. The van der Waals surface area contributed by atoms with E-state index in [1.54, 1.807) is 0 Å². The molecule has 0 aromatic heterocycles. The van der Waals surface area contributed by atoms with Crippen LogP contribution in [0.4, 0.5) is 0 Å². The van der Waals surface area contributed by atoms with E-state index in [1.165, 1.54) is 6.42 Å². The first-order valence-electron chi connectivity index (χ1n) is 7.63. The minimum atomic E-state index is 0.383. The van der Waals surface area contributed by atoms with E-state index in [9.17, 15) is 0 Å². The van der Waals surface area contributed by atoms with Crippen LogP contribution in [0.25, 0.3) is 0 Å². The van der Waals surface area contributed by atoms with Gasteiger partial charge in [0, 0.05) is 12.6 Å². The Morgan fingerprint density at radius 2 is 1.95 bits per heavy atom. The van der Waals surface area contributed by atoms with Crippen LogP contribution in [0, 0.1) is 5.92 Å². The lowest BCUT2D eigenvalue weighted by Crippen LogP contribution is -2.31. The van der Waals surface area contributed by atoms with E-state index < -0.39 is 0 Å². The number of nitrogens with zero attached hydrogens (tertiary/aromatic N) is 1. The number of benzene rings is 1. The van der Waals surface area contributed by atoms with Crippen molar-refractivity contribution in [2.45, 2.75) is 39.7 Å².